The van der Waals surface area contributed by atoms with E-state index in [1.54, 1.807) is 36.4 Å². The van der Waals surface area contributed by atoms with Crippen LogP contribution in [0.2, 0.25) is 0 Å². The lowest BCUT2D eigenvalue weighted by atomic mass is 10.0. The van der Waals surface area contributed by atoms with E-state index in [1.807, 2.05) is 18.2 Å². The lowest BCUT2D eigenvalue weighted by Crippen LogP contribution is -2.29. The summed E-state index contributed by atoms with van der Waals surface area (Å²) < 4.78 is 66.8. The maximum atomic E-state index is 13.3. The summed E-state index contributed by atoms with van der Waals surface area (Å²) in [5.74, 6) is 0. The summed E-state index contributed by atoms with van der Waals surface area (Å²) in [6.07, 6.45) is -4.77. The minimum Gasteiger partial charge on any atom is -0.269 e. The molecule has 0 saturated heterocycles. The van der Waals surface area contributed by atoms with Crippen LogP contribution in [0.5, 0.6) is 0 Å². The maximum absolute atomic E-state index is 13.3. The fourth-order valence-corrected chi connectivity index (χ4v) is 4.24. The fourth-order valence-electron chi connectivity index (χ4n) is 2.81. The quantitative estimate of drug-likeness (QED) is 0.613. The Morgan fingerprint density at radius 3 is 2.00 bits per heavy atom. The third-order valence-corrected chi connectivity index (χ3v) is 5.99. The zero-order valence-electron chi connectivity index (χ0n) is 14.3. The molecule has 0 amide bonds. The van der Waals surface area contributed by atoms with Gasteiger partial charge in [0.2, 0.25) is 0 Å². The van der Waals surface area contributed by atoms with E-state index in [1.165, 1.54) is 19.2 Å². The third-order valence-electron chi connectivity index (χ3n) is 4.16. The Morgan fingerprint density at radius 2 is 1.33 bits per heavy atom. The van der Waals surface area contributed by atoms with Crippen molar-refractivity contribution in [3.63, 3.8) is 0 Å². The Balaban J connectivity index is 2.14. The van der Waals surface area contributed by atoms with Crippen LogP contribution in [0, 0.1) is 0 Å². The highest BCUT2D eigenvalue weighted by Crippen LogP contribution is 2.38. The zero-order chi connectivity index (χ0) is 19.7. The third kappa shape index (κ3) is 3.68. The van der Waals surface area contributed by atoms with Crippen LogP contribution in [0.15, 0.2) is 83.8 Å². The molecule has 140 valence electrons. The fraction of sp³-hybridized carbons (Fsp3) is 0.100. The highest BCUT2D eigenvalue weighted by atomic mass is 32.2. The molecule has 0 bridgehead atoms. The molecule has 0 atom stereocenters. The molecular formula is C20H16F3NO2S. The van der Waals surface area contributed by atoms with Gasteiger partial charge in [-0.15, -0.1) is 0 Å². The normalized spacial score (nSPS) is 12.0. The Bertz CT molecular complexity index is 1050. The van der Waals surface area contributed by atoms with Gasteiger partial charge < -0.3 is 0 Å². The average Bonchev–Trinajstić information content (AvgIpc) is 2.67. The monoisotopic (exact) mass is 391 g/mol. The van der Waals surface area contributed by atoms with Gasteiger partial charge in [-0.05, 0) is 23.8 Å². The van der Waals surface area contributed by atoms with E-state index < -0.39 is 26.7 Å². The van der Waals surface area contributed by atoms with Crippen LogP contribution in [-0.4, -0.2) is 15.5 Å². The summed E-state index contributed by atoms with van der Waals surface area (Å²) in [6.45, 7) is 0. The van der Waals surface area contributed by atoms with Crippen LogP contribution in [-0.2, 0) is 16.2 Å². The van der Waals surface area contributed by atoms with E-state index in [2.05, 4.69) is 0 Å². The van der Waals surface area contributed by atoms with E-state index in [4.69, 9.17) is 0 Å². The summed E-state index contributed by atoms with van der Waals surface area (Å²) in [5.41, 5.74) is 0.475. The number of benzene rings is 3. The number of hydrogen-bond donors (Lipinski definition) is 0. The highest BCUT2D eigenvalue weighted by molar-refractivity contribution is 7.92. The Kier molecular flexibility index (Phi) is 4.97. The summed E-state index contributed by atoms with van der Waals surface area (Å²) in [6, 6.07) is 19.9. The number of sulfonamides is 1. The van der Waals surface area contributed by atoms with E-state index in [0.29, 0.717) is 11.3 Å². The summed E-state index contributed by atoms with van der Waals surface area (Å²) >= 11 is 0. The molecular weight excluding hydrogens is 375 g/mol. The second-order valence-electron chi connectivity index (χ2n) is 5.85. The number of halogens is 3. The molecule has 3 aromatic carbocycles. The first-order chi connectivity index (χ1) is 12.7. The largest absolute Gasteiger partial charge is 0.417 e. The highest BCUT2D eigenvalue weighted by Gasteiger charge is 2.38. The van der Waals surface area contributed by atoms with E-state index in [0.717, 1.165) is 22.0 Å². The number of anilines is 1. The Labute approximate surface area is 155 Å². The molecule has 7 heteroatoms. The lowest BCUT2D eigenvalue weighted by molar-refractivity contribution is -0.139. The summed E-state index contributed by atoms with van der Waals surface area (Å²) in [5, 5.41) is 0. The average molecular weight is 391 g/mol. The molecule has 0 radical (unpaired) electrons. The molecule has 0 N–H and O–H groups in total. The SMILES string of the molecule is CN(c1ccccc1-c1ccccc1)S(=O)(=O)c1ccccc1C(F)(F)F. The van der Waals surface area contributed by atoms with Crippen molar-refractivity contribution in [3.8, 4) is 11.1 Å². The van der Waals surface area contributed by atoms with Gasteiger partial charge in [0.05, 0.1) is 16.1 Å². The zero-order valence-corrected chi connectivity index (χ0v) is 15.1. The molecule has 3 aromatic rings. The maximum Gasteiger partial charge on any atom is 0.417 e. The van der Waals surface area contributed by atoms with E-state index in [9.17, 15) is 21.6 Å². The second-order valence-corrected chi connectivity index (χ2v) is 7.79. The second kappa shape index (κ2) is 7.08. The lowest BCUT2D eigenvalue weighted by Gasteiger charge is -2.24. The minimum absolute atomic E-state index is 0.292. The van der Waals surface area contributed by atoms with E-state index >= 15 is 0 Å². The van der Waals surface area contributed by atoms with Crippen LogP contribution in [0.25, 0.3) is 11.1 Å². The van der Waals surface area contributed by atoms with Crippen molar-refractivity contribution in [2.75, 3.05) is 11.4 Å². The van der Waals surface area contributed by atoms with Crippen molar-refractivity contribution in [2.24, 2.45) is 0 Å². The number of hydrogen-bond acceptors (Lipinski definition) is 2. The van der Waals surface area contributed by atoms with Gasteiger partial charge in [-0.2, -0.15) is 13.2 Å². The van der Waals surface area contributed by atoms with Gasteiger partial charge in [0.15, 0.2) is 0 Å². The summed E-state index contributed by atoms with van der Waals surface area (Å²) in [7, 11) is -3.17. The van der Waals surface area contributed by atoms with Crippen LogP contribution >= 0.6 is 0 Å². The molecule has 0 aliphatic rings. The first-order valence-electron chi connectivity index (χ1n) is 8.02. The first kappa shape index (κ1) is 19.0. The molecule has 0 unspecified atom stereocenters. The van der Waals surface area contributed by atoms with Crippen molar-refractivity contribution >= 4 is 15.7 Å². The van der Waals surface area contributed by atoms with Crippen molar-refractivity contribution in [2.45, 2.75) is 11.1 Å². The number of para-hydroxylation sites is 1. The van der Waals surface area contributed by atoms with Crippen molar-refractivity contribution in [3.05, 3.63) is 84.4 Å². The van der Waals surface area contributed by atoms with Crippen molar-refractivity contribution < 1.29 is 21.6 Å². The van der Waals surface area contributed by atoms with Crippen LogP contribution in [0.1, 0.15) is 5.56 Å². The van der Waals surface area contributed by atoms with Gasteiger partial charge in [0.1, 0.15) is 0 Å². The molecule has 0 aromatic heterocycles. The standard InChI is InChI=1S/C20H16F3NO2S/c1-24(18-13-7-5-11-16(18)15-9-3-2-4-10-15)27(25,26)19-14-8-6-12-17(19)20(21,22)23/h2-14H,1H3. The van der Waals surface area contributed by atoms with Gasteiger partial charge in [-0.3, -0.25) is 4.31 Å². The van der Waals surface area contributed by atoms with Gasteiger partial charge in [-0.25, -0.2) is 8.42 Å². The molecule has 3 nitrogen and oxygen atoms in total. The van der Waals surface area contributed by atoms with Crippen molar-refractivity contribution in [1.82, 2.24) is 0 Å². The van der Waals surface area contributed by atoms with Crippen molar-refractivity contribution in [1.29, 1.82) is 0 Å². The molecule has 3 rings (SSSR count). The molecule has 0 aliphatic heterocycles. The number of nitrogens with zero attached hydrogens (tertiary/aromatic N) is 1. The topological polar surface area (TPSA) is 37.4 Å². The Hall–Kier alpha value is -2.80. The van der Waals surface area contributed by atoms with Gasteiger partial charge in [-0.1, -0.05) is 60.7 Å². The van der Waals surface area contributed by atoms with Crippen LogP contribution in [0.3, 0.4) is 0 Å². The van der Waals surface area contributed by atoms with E-state index in [-0.39, 0.29) is 0 Å². The molecule has 0 saturated carbocycles. The van der Waals surface area contributed by atoms with Crippen LogP contribution < -0.4 is 4.31 Å². The summed E-state index contributed by atoms with van der Waals surface area (Å²) in [4.78, 5) is -0.775. The molecule has 0 heterocycles. The predicted octanol–water partition coefficient (Wildman–Crippen LogP) is 5.20. The van der Waals surface area contributed by atoms with Gasteiger partial charge in [0, 0.05) is 12.6 Å². The minimum atomic E-state index is -4.77. The van der Waals surface area contributed by atoms with Crippen LogP contribution in [0.4, 0.5) is 18.9 Å². The number of alkyl halides is 3. The molecule has 0 spiro atoms. The molecule has 0 aliphatic carbocycles. The molecule has 0 fully saturated rings. The van der Waals surface area contributed by atoms with Gasteiger partial charge >= 0.3 is 6.18 Å². The smallest absolute Gasteiger partial charge is 0.269 e. The first-order valence-corrected chi connectivity index (χ1v) is 9.46. The number of rotatable bonds is 4. The predicted molar refractivity (Wildman–Crippen MR) is 98.9 cm³/mol. The Morgan fingerprint density at radius 1 is 0.778 bits per heavy atom. The van der Waals surface area contributed by atoms with Gasteiger partial charge in [0.25, 0.3) is 10.0 Å². The molecule has 27 heavy (non-hydrogen) atoms.